The van der Waals surface area contributed by atoms with E-state index in [1.807, 2.05) is 12.1 Å². The normalized spacial score (nSPS) is 27.0. The Kier molecular flexibility index (Phi) is 6.19. The molecule has 25 heavy (non-hydrogen) atoms. The highest BCUT2D eigenvalue weighted by Crippen LogP contribution is 2.51. The Morgan fingerprint density at radius 3 is 2.56 bits per heavy atom. The third kappa shape index (κ3) is 4.10. The SMILES string of the molecule is CCCCC[C@@H]1CC(C)c2cc(C(=O)O)ccc2[C@H]1C1CCCCC1. The third-order valence-electron chi connectivity index (χ3n) is 6.72. The lowest BCUT2D eigenvalue weighted by Gasteiger charge is -2.43. The highest BCUT2D eigenvalue weighted by Gasteiger charge is 2.38. The van der Waals surface area contributed by atoms with E-state index >= 15 is 0 Å². The van der Waals surface area contributed by atoms with Crippen molar-refractivity contribution in [3.63, 3.8) is 0 Å². The fourth-order valence-corrected chi connectivity index (χ4v) is 5.51. The van der Waals surface area contributed by atoms with E-state index in [0.29, 0.717) is 17.4 Å². The van der Waals surface area contributed by atoms with Gasteiger partial charge in [-0.05, 0) is 72.6 Å². The molecule has 138 valence electrons. The number of carboxylic acids is 1. The molecule has 0 spiro atoms. The van der Waals surface area contributed by atoms with Gasteiger partial charge in [0, 0.05) is 0 Å². The minimum atomic E-state index is -0.797. The standard InChI is InChI=1S/C23H34O2/c1-3-4-6-11-18-14-16(2)21-15-19(23(24)25)12-13-20(21)22(18)17-9-7-5-8-10-17/h12-13,15-18,22H,3-11,14H2,1-2H3,(H,24,25)/t16?,18-,22+/m1/s1. The van der Waals surface area contributed by atoms with Crippen LogP contribution in [0.1, 0.15) is 111 Å². The molecule has 2 aliphatic carbocycles. The van der Waals surface area contributed by atoms with E-state index in [0.717, 1.165) is 11.8 Å². The Morgan fingerprint density at radius 1 is 1.12 bits per heavy atom. The first kappa shape index (κ1) is 18.5. The number of unbranched alkanes of at least 4 members (excludes halogenated alkanes) is 2. The summed E-state index contributed by atoms with van der Waals surface area (Å²) < 4.78 is 0. The molecule has 1 aromatic rings. The second-order valence-electron chi connectivity index (χ2n) is 8.47. The van der Waals surface area contributed by atoms with Gasteiger partial charge in [-0.15, -0.1) is 0 Å². The molecule has 0 amide bonds. The molecule has 0 saturated heterocycles. The maximum atomic E-state index is 11.4. The molecule has 1 fully saturated rings. The molecule has 2 heteroatoms. The number of fused-ring (bicyclic) bond motifs is 1. The van der Waals surface area contributed by atoms with Gasteiger partial charge in [-0.2, -0.15) is 0 Å². The number of rotatable bonds is 6. The van der Waals surface area contributed by atoms with Gasteiger partial charge in [0.25, 0.3) is 0 Å². The first-order chi connectivity index (χ1) is 12.1. The van der Waals surface area contributed by atoms with Gasteiger partial charge in [-0.1, -0.05) is 58.4 Å². The van der Waals surface area contributed by atoms with Crippen molar-refractivity contribution < 1.29 is 9.90 Å². The summed E-state index contributed by atoms with van der Waals surface area (Å²) in [7, 11) is 0. The molecule has 0 aliphatic heterocycles. The van der Waals surface area contributed by atoms with Crippen LogP contribution < -0.4 is 0 Å². The van der Waals surface area contributed by atoms with E-state index in [2.05, 4.69) is 19.9 Å². The minimum Gasteiger partial charge on any atom is -0.478 e. The number of hydrogen-bond acceptors (Lipinski definition) is 1. The number of carbonyl (C=O) groups is 1. The zero-order valence-electron chi connectivity index (χ0n) is 16.0. The van der Waals surface area contributed by atoms with E-state index in [-0.39, 0.29) is 0 Å². The predicted octanol–water partition coefficient (Wildman–Crippen LogP) is 6.75. The quantitative estimate of drug-likeness (QED) is 0.580. The van der Waals surface area contributed by atoms with Crippen molar-refractivity contribution in [2.75, 3.05) is 0 Å². The second kappa shape index (κ2) is 8.38. The Bertz CT molecular complexity index is 586. The lowest BCUT2D eigenvalue weighted by atomic mass is 9.62. The Balaban J connectivity index is 1.92. The highest BCUT2D eigenvalue weighted by molar-refractivity contribution is 5.88. The summed E-state index contributed by atoms with van der Waals surface area (Å²) in [5.41, 5.74) is 3.26. The molecule has 0 aromatic heterocycles. The first-order valence-corrected chi connectivity index (χ1v) is 10.5. The summed E-state index contributed by atoms with van der Waals surface area (Å²) in [5.74, 6) is 1.94. The Hall–Kier alpha value is -1.31. The Morgan fingerprint density at radius 2 is 1.88 bits per heavy atom. The van der Waals surface area contributed by atoms with Gasteiger partial charge < -0.3 is 5.11 Å². The molecule has 0 heterocycles. The van der Waals surface area contributed by atoms with Gasteiger partial charge in [-0.25, -0.2) is 4.79 Å². The van der Waals surface area contributed by atoms with Crippen LogP contribution in [0, 0.1) is 11.8 Å². The summed E-state index contributed by atoms with van der Waals surface area (Å²) in [6.07, 6.45) is 13.4. The lowest BCUT2D eigenvalue weighted by Crippen LogP contribution is -2.30. The lowest BCUT2D eigenvalue weighted by molar-refractivity contribution is 0.0696. The molecule has 1 saturated carbocycles. The van der Waals surface area contributed by atoms with Crippen molar-refractivity contribution >= 4 is 5.97 Å². The number of hydrogen-bond donors (Lipinski definition) is 1. The van der Waals surface area contributed by atoms with E-state index in [4.69, 9.17) is 0 Å². The molecular weight excluding hydrogens is 308 g/mol. The number of benzene rings is 1. The second-order valence-corrected chi connectivity index (χ2v) is 8.47. The van der Waals surface area contributed by atoms with Crippen LogP contribution in [0.25, 0.3) is 0 Å². The predicted molar refractivity (Wildman–Crippen MR) is 103 cm³/mol. The maximum Gasteiger partial charge on any atom is 0.335 e. The third-order valence-corrected chi connectivity index (χ3v) is 6.72. The van der Waals surface area contributed by atoms with Gasteiger partial charge in [0.1, 0.15) is 0 Å². The van der Waals surface area contributed by atoms with Crippen LogP contribution in [0.2, 0.25) is 0 Å². The van der Waals surface area contributed by atoms with Crippen LogP contribution in [-0.2, 0) is 0 Å². The average Bonchev–Trinajstić information content (AvgIpc) is 2.62. The molecule has 3 rings (SSSR count). The molecule has 0 radical (unpaired) electrons. The van der Waals surface area contributed by atoms with Crippen LogP contribution in [0.3, 0.4) is 0 Å². The summed E-state index contributed by atoms with van der Waals surface area (Å²) in [4.78, 5) is 11.4. The zero-order valence-corrected chi connectivity index (χ0v) is 16.0. The zero-order chi connectivity index (χ0) is 17.8. The monoisotopic (exact) mass is 342 g/mol. The number of aromatic carboxylic acids is 1. The van der Waals surface area contributed by atoms with E-state index in [1.54, 1.807) is 0 Å². The van der Waals surface area contributed by atoms with Crippen molar-refractivity contribution in [2.24, 2.45) is 11.8 Å². The topological polar surface area (TPSA) is 37.3 Å². The Labute approximate surface area is 153 Å². The van der Waals surface area contributed by atoms with Crippen molar-refractivity contribution in [1.29, 1.82) is 0 Å². The molecule has 2 aliphatic rings. The van der Waals surface area contributed by atoms with Crippen LogP contribution in [0.4, 0.5) is 0 Å². The minimum absolute atomic E-state index is 0.456. The smallest absolute Gasteiger partial charge is 0.335 e. The van der Waals surface area contributed by atoms with E-state index < -0.39 is 5.97 Å². The molecule has 1 N–H and O–H groups in total. The van der Waals surface area contributed by atoms with Gasteiger partial charge >= 0.3 is 5.97 Å². The molecule has 3 atom stereocenters. The van der Waals surface area contributed by atoms with E-state index in [1.165, 1.54) is 75.3 Å². The number of carboxylic acid groups (broad SMARTS) is 1. The molecular formula is C23H34O2. The summed E-state index contributed by atoms with van der Waals surface area (Å²) in [6.45, 7) is 4.58. The van der Waals surface area contributed by atoms with Gasteiger partial charge in [0.15, 0.2) is 0 Å². The fourth-order valence-electron chi connectivity index (χ4n) is 5.51. The van der Waals surface area contributed by atoms with Crippen LogP contribution in [0.15, 0.2) is 18.2 Å². The molecule has 2 nitrogen and oxygen atoms in total. The van der Waals surface area contributed by atoms with Crippen LogP contribution in [0.5, 0.6) is 0 Å². The highest BCUT2D eigenvalue weighted by atomic mass is 16.4. The van der Waals surface area contributed by atoms with Gasteiger partial charge in [0.05, 0.1) is 5.56 Å². The van der Waals surface area contributed by atoms with Gasteiger partial charge in [-0.3, -0.25) is 0 Å². The molecule has 0 bridgehead atoms. The fraction of sp³-hybridized carbons (Fsp3) is 0.696. The van der Waals surface area contributed by atoms with Crippen molar-refractivity contribution in [3.05, 3.63) is 34.9 Å². The average molecular weight is 343 g/mol. The van der Waals surface area contributed by atoms with Crippen molar-refractivity contribution in [2.45, 2.75) is 89.9 Å². The van der Waals surface area contributed by atoms with Gasteiger partial charge in [0.2, 0.25) is 0 Å². The first-order valence-electron chi connectivity index (χ1n) is 10.5. The maximum absolute atomic E-state index is 11.4. The summed E-state index contributed by atoms with van der Waals surface area (Å²) in [6, 6.07) is 5.99. The van der Waals surface area contributed by atoms with Crippen molar-refractivity contribution in [3.8, 4) is 0 Å². The van der Waals surface area contributed by atoms with Crippen LogP contribution >= 0.6 is 0 Å². The summed E-state index contributed by atoms with van der Waals surface area (Å²) >= 11 is 0. The van der Waals surface area contributed by atoms with Crippen LogP contribution in [-0.4, -0.2) is 11.1 Å². The largest absolute Gasteiger partial charge is 0.478 e. The summed E-state index contributed by atoms with van der Waals surface area (Å²) in [5, 5.41) is 9.38. The molecule has 1 unspecified atom stereocenters. The van der Waals surface area contributed by atoms with E-state index in [9.17, 15) is 9.90 Å². The van der Waals surface area contributed by atoms with Crippen molar-refractivity contribution in [1.82, 2.24) is 0 Å². The molecule has 1 aromatic carbocycles.